The maximum Gasteiger partial charge on any atom is 0.0739 e. The summed E-state index contributed by atoms with van der Waals surface area (Å²) in [7, 11) is 1.68. The van der Waals surface area contributed by atoms with E-state index in [0.717, 1.165) is 6.54 Å². The van der Waals surface area contributed by atoms with Crippen LogP contribution in [0.25, 0.3) is 0 Å². The summed E-state index contributed by atoms with van der Waals surface area (Å²) >= 11 is 0. The van der Waals surface area contributed by atoms with Gasteiger partial charge >= 0.3 is 0 Å². The molecule has 0 amide bonds. The number of anilines is 1. The Bertz CT molecular complexity index is 221. The van der Waals surface area contributed by atoms with Crippen LogP contribution in [0, 0.1) is 0 Å². The first-order valence-electron chi connectivity index (χ1n) is 3.53. The summed E-state index contributed by atoms with van der Waals surface area (Å²) < 4.78 is 6.83. The molecule has 62 valence electrons. The van der Waals surface area contributed by atoms with Gasteiger partial charge in [0, 0.05) is 13.3 Å². The molecule has 0 aliphatic heterocycles. The van der Waals surface area contributed by atoms with E-state index in [9.17, 15) is 0 Å². The first-order chi connectivity index (χ1) is 5.22. The van der Waals surface area contributed by atoms with Crippen LogP contribution in [0.5, 0.6) is 0 Å². The molecule has 0 unspecified atom stereocenters. The topological polar surface area (TPSA) is 53.1 Å². The smallest absolute Gasteiger partial charge is 0.0739 e. The van der Waals surface area contributed by atoms with Gasteiger partial charge in [0.1, 0.15) is 0 Å². The van der Waals surface area contributed by atoms with Crippen LogP contribution < -0.4 is 5.73 Å². The van der Waals surface area contributed by atoms with Crippen LogP contribution >= 0.6 is 0 Å². The van der Waals surface area contributed by atoms with Gasteiger partial charge in [-0.25, -0.2) is 0 Å². The average molecular weight is 155 g/mol. The van der Waals surface area contributed by atoms with E-state index in [2.05, 4.69) is 5.10 Å². The largest absolute Gasteiger partial charge is 0.396 e. The minimum atomic E-state index is 0.175. The van der Waals surface area contributed by atoms with Gasteiger partial charge in [-0.15, -0.1) is 0 Å². The molecule has 4 nitrogen and oxygen atoms in total. The summed E-state index contributed by atoms with van der Waals surface area (Å²) in [5, 5.41) is 4.02. The second-order valence-electron chi connectivity index (χ2n) is 2.54. The lowest BCUT2D eigenvalue weighted by Crippen LogP contribution is -2.14. The highest BCUT2D eigenvalue weighted by Crippen LogP contribution is 2.00. The molecular formula is C7H13N3O. The highest BCUT2D eigenvalue weighted by molar-refractivity contribution is 5.30. The van der Waals surface area contributed by atoms with Crippen molar-refractivity contribution in [2.75, 3.05) is 12.8 Å². The van der Waals surface area contributed by atoms with E-state index in [1.165, 1.54) is 0 Å². The Morgan fingerprint density at radius 3 is 3.00 bits per heavy atom. The quantitative estimate of drug-likeness (QED) is 0.691. The fourth-order valence-corrected chi connectivity index (χ4v) is 0.817. The molecule has 0 aromatic carbocycles. The molecular weight excluding hydrogens is 142 g/mol. The summed E-state index contributed by atoms with van der Waals surface area (Å²) in [6.45, 7) is 2.73. The summed E-state index contributed by atoms with van der Waals surface area (Å²) in [5.74, 6) is 0. The summed E-state index contributed by atoms with van der Waals surface area (Å²) in [4.78, 5) is 0. The van der Waals surface area contributed by atoms with Gasteiger partial charge in [0.25, 0.3) is 0 Å². The SMILES string of the molecule is CO[C@H](C)Cn1cc(N)cn1. The van der Waals surface area contributed by atoms with Gasteiger partial charge in [0.05, 0.1) is 24.5 Å². The van der Waals surface area contributed by atoms with Crippen molar-refractivity contribution in [3.63, 3.8) is 0 Å². The number of ether oxygens (including phenoxy) is 1. The lowest BCUT2D eigenvalue weighted by atomic mass is 10.4. The normalized spacial score (nSPS) is 13.3. The van der Waals surface area contributed by atoms with Crippen LogP contribution in [0.4, 0.5) is 5.69 Å². The number of hydrogen-bond acceptors (Lipinski definition) is 3. The number of methoxy groups -OCH3 is 1. The number of nitrogens with zero attached hydrogens (tertiary/aromatic N) is 2. The molecule has 4 heteroatoms. The first-order valence-corrected chi connectivity index (χ1v) is 3.53. The van der Waals surface area contributed by atoms with Crippen molar-refractivity contribution in [2.45, 2.75) is 19.6 Å². The van der Waals surface area contributed by atoms with Crippen molar-refractivity contribution >= 4 is 5.69 Å². The van der Waals surface area contributed by atoms with Gasteiger partial charge in [-0.3, -0.25) is 4.68 Å². The van der Waals surface area contributed by atoms with E-state index < -0.39 is 0 Å². The predicted octanol–water partition coefficient (Wildman–Crippen LogP) is 0.500. The third-order valence-corrected chi connectivity index (χ3v) is 1.50. The molecule has 11 heavy (non-hydrogen) atoms. The number of aromatic nitrogens is 2. The average Bonchev–Trinajstić information content (AvgIpc) is 2.35. The molecule has 2 N–H and O–H groups in total. The molecule has 0 spiro atoms. The van der Waals surface area contributed by atoms with Gasteiger partial charge in [0.2, 0.25) is 0 Å². The molecule has 0 radical (unpaired) electrons. The van der Waals surface area contributed by atoms with E-state index in [1.54, 1.807) is 24.2 Å². The standard InChI is InChI=1S/C7H13N3O/c1-6(11-2)4-10-5-7(8)3-9-10/h3,5-6H,4,8H2,1-2H3/t6-/m1/s1. The molecule has 0 aliphatic carbocycles. The molecule has 1 aromatic heterocycles. The van der Waals surface area contributed by atoms with Gasteiger partial charge < -0.3 is 10.5 Å². The Hall–Kier alpha value is -1.03. The molecule has 1 heterocycles. The Labute approximate surface area is 66.0 Å². The van der Waals surface area contributed by atoms with Crippen LogP contribution in [-0.4, -0.2) is 23.0 Å². The molecule has 0 bridgehead atoms. The van der Waals surface area contributed by atoms with E-state index >= 15 is 0 Å². The Morgan fingerprint density at radius 2 is 2.55 bits per heavy atom. The minimum Gasteiger partial charge on any atom is -0.396 e. The zero-order valence-electron chi connectivity index (χ0n) is 6.82. The van der Waals surface area contributed by atoms with Crippen LogP contribution in [-0.2, 0) is 11.3 Å². The highest BCUT2D eigenvalue weighted by atomic mass is 16.5. The predicted molar refractivity (Wildman–Crippen MR) is 43.1 cm³/mol. The van der Waals surface area contributed by atoms with E-state index in [0.29, 0.717) is 5.69 Å². The van der Waals surface area contributed by atoms with E-state index in [-0.39, 0.29) is 6.10 Å². The third-order valence-electron chi connectivity index (χ3n) is 1.50. The Balaban J connectivity index is 2.50. The summed E-state index contributed by atoms with van der Waals surface area (Å²) in [6, 6.07) is 0. The zero-order chi connectivity index (χ0) is 8.27. The highest BCUT2D eigenvalue weighted by Gasteiger charge is 2.00. The second kappa shape index (κ2) is 3.39. The molecule has 0 fully saturated rings. The molecule has 0 saturated carbocycles. The summed E-state index contributed by atoms with van der Waals surface area (Å²) in [6.07, 6.45) is 3.59. The third kappa shape index (κ3) is 2.23. The van der Waals surface area contributed by atoms with Crippen LogP contribution in [0.2, 0.25) is 0 Å². The molecule has 0 aliphatic rings. The van der Waals surface area contributed by atoms with Crippen molar-refractivity contribution in [2.24, 2.45) is 0 Å². The number of hydrogen-bond donors (Lipinski definition) is 1. The lowest BCUT2D eigenvalue weighted by molar-refractivity contribution is 0.0998. The van der Waals surface area contributed by atoms with Gasteiger partial charge in [-0.2, -0.15) is 5.10 Å². The van der Waals surface area contributed by atoms with Gasteiger partial charge in [-0.1, -0.05) is 0 Å². The van der Waals surface area contributed by atoms with Crippen molar-refractivity contribution in [1.82, 2.24) is 9.78 Å². The molecule has 1 rings (SSSR count). The molecule has 1 aromatic rings. The molecule has 0 saturated heterocycles. The van der Waals surface area contributed by atoms with Crippen molar-refractivity contribution in [1.29, 1.82) is 0 Å². The van der Waals surface area contributed by atoms with Gasteiger partial charge in [0.15, 0.2) is 0 Å². The van der Waals surface area contributed by atoms with Crippen molar-refractivity contribution in [3.8, 4) is 0 Å². The second-order valence-corrected chi connectivity index (χ2v) is 2.54. The number of rotatable bonds is 3. The molecule has 1 atom stereocenters. The Morgan fingerprint density at radius 1 is 1.82 bits per heavy atom. The van der Waals surface area contributed by atoms with Crippen molar-refractivity contribution in [3.05, 3.63) is 12.4 Å². The first kappa shape index (κ1) is 8.07. The fraction of sp³-hybridized carbons (Fsp3) is 0.571. The minimum absolute atomic E-state index is 0.175. The van der Waals surface area contributed by atoms with Crippen LogP contribution in [0.3, 0.4) is 0 Å². The maximum atomic E-state index is 5.47. The Kier molecular flexibility index (Phi) is 2.48. The van der Waals surface area contributed by atoms with E-state index in [1.807, 2.05) is 6.92 Å². The maximum absolute atomic E-state index is 5.47. The lowest BCUT2D eigenvalue weighted by Gasteiger charge is -2.08. The summed E-state index contributed by atoms with van der Waals surface area (Å²) in [5.41, 5.74) is 6.16. The van der Waals surface area contributed by atoms with E-state index in [4.69, 9.17) is 10.5 Å². The van der Waals surface area contributed by atoms with Crippen LogP contribution in [0.15, 0.2) is 12.4 Å². The number of nitrogens with two attached hydrogens (primary N) is 1. The fourth-order valence-electron chi connectivity index (χ4n) is 0.817. The zero-order valence-corrected chi connectivity index (χ0v) is 6.82. The van der Waals surface area contributed by atoms with Crippen LogP contribution in [0.1, 0.15) is 6.92 Å². The van der Waals surface area contributed by atoms with Crippen molar-refractivity contribution < 1.29 is 4.74 Å². The monoisotopic (exact) mass is 155 g/mol. The van der Waals surface area contributed by atoms with Gasteiger partial charge in [-0.05, 0) is 6.92 Å². The number of nitrogen functional groups attached to an aromatic ring is 1.